The lowest BCUT2D eigenvalue weighted by Crippen LogP contribution is -2.37. The summed E-state index contributed by atoms with van der Waals surface area (Å²) in [6, 6.07) is 11.4. The highest BCUT2D eigenvalue weighted by atomic mass is 35.5. The number of hydrogen-bond donors (Lipinski definition) is 3. The van der Waals surface area contributed by atoms with Gasteiger partial charge >= 0.3 is 0 Å². The SMILES string of the molecule is O=C(Nc1n[nH]c2ccc(-c3cc(-c4nnco4)ccc3Cl)cc12)[C@@H]1CCCNC1. The van der Waals surface area contributed by atoms with Crippen LogP contribution in [0.5, 0.6) is 0 Å². The maximum Gasteiger partial charge on any atom is 0.247 e. The number of benzene rings is 2. The van der Waals surface area contributed by atoms with Crippen LogP contribution < -0.4 is 10.6 Å². The number of carbonyl (C=O) groups excluding carboxylic acids is 1. The molecule has 0 radical (unpaired) electrons. The summed E-state index contributed by atoms with van der Waals surface area (Å²) in [6.07, 6.45) is 3.17. The van der Waals surface area contributed by atoms with Gasteiger partial charge in [0.1, 0.15) is 0 Å². The van der Waals surface area contributed by atoms with Crippen molar-refractivity contribution in [1.29, 1.82) is 0 Å². The van der Waals surface area contributed by atoms with Crippen LogP contribution in [0.25, 0.3) is 33.5 Å². The van der Waals surface area contributed by atoms with Gasteiger partial charge in [0.05, 0.1) is 11.4 Å². The van der Waals surface area contributed by atoms with Crippen molar-refractivity contribution in [2.75, 3.05) is 18.4 Å². The van der Waals surface area contributed by atoms with Gasteiger partial charge in [0, 0.05) is 28.1 Å². The lowest BCUT2D eigenvalue weighted by molar-refractivity contribution is -0.120. The Morgan fingerprint density at radius 3 is 2.90 bits per heavy atom. The Morgan fingerprint density at radius 2 is 2.10 bits per heavy atom. The third-order valence-corrected chi connectivity index (χ3v) is 5.69. The molecule has 0 saturated carbocycles. The summed E-state index contributed by atoms with van der Waals surface area (Å²) in [5.74, 6) is 0.879. The van der Waals surface area contributed by atoms with Crippen LogP contribution in [0, 0.1) is 5.92 Å². The van der Waals surface area contributed by atoms with Crippen molar-refractivity contribution in [2.45, 2.75) is 12.8 Å². The maximum absolute atomic E-state index is 12.6. The van der Waals surface area contributed by atoms with E-state index in [1.807, 2.05) is 30.3 Å². The molecule has 0 spiro atoms. The lowest BCUT2D eigenvalue weighted by atomic mass is 9.98. The van der Waals surface area contributed by atoms with Gasteiger partial charge in [0.25, 0.3) is 0 Å². The molecule has 4 aromatic rings. The van der Waals surface area contributed by atoms with E-state index in [9.17, 15) is 4.79 Å². The monoisotopic (exact) mass is 422 g/mol. The number of nitrogens with one attached hydrogen (secondary N) is 3. The third kappa shape index (κ3) is 3.55. The summed E-state index contributed by atoms with van der Waals surface area (Å²) in [5.41, 5.74) is 3.33. The van der Waals surface area contributed by atoms with E-state index < -0.39 is 0 Å². The highest BCUT2D eigenvalue weighted by molar-refractivity contribution is 6.33. The number of piperidine rings is 1. The molecule has 3 N–H and O–H groups in total. The summed E-state index contributed by atoms with van der Waals surface area (Å²) in [7, 11) is 0. The summed E-state index contributed by atoms with van der Waals surface area (Å²) < 4.78 is 5.30. The fraction of sp³-hybridized carbons (Fsp3) is 0.238. The average molecular weight is 423 g/mol. The van der Waals surface area contributed by atoms with E-state index in [2.05, 4.69) is 31.0 Å². The van der Waals surface area contributed by atoms with Gasteiger partial charge in [-0.3, -0.25) is 9.89 Å². The molecule has 1 aliphatic heterocycles. The van der Waals surface area contributed by atoms with Gasteiger partial charge in [-0.25, -0.2) is 0 Å². The Morgan fingerprint density at radius 1 is 1.20 bits per heavy atom. The molecule has 1 fully saturated rings. The molecule has 3 heterocycles. The molecule has 8 nitrogen and oxygen atoms in total. The number of H-pyrrole nitrogens is 1. The Hall–Kier alpha value is -3.23. The molecule has 1 aliphatic rings. The normalized spacial score (nSPS) is 16.6. The zero-order valence-electron chi connectivity index (χ0n) is 16.0. The molecular weight excluding hydrogens is 404 g/mol. The zero-order chi connectivity index (χ0) is 20.5. The van der Waals surface area contributed by atoms with Gasteiger partial charge in [0.2, 0.25) is 18.2 Å². The van der Waals surface area contributed by atoms with Gasteiger partial charge in [-0.15, -0.1) is 10.2 Å². The van der Waals surface area contributed by atoms with Crippen molar-refractivity contribution in [3.8, 4) is 22.6 Å². The zero-order valence-corrected chi connectivity index (χ0v) is 16.7. The number of hydrogen-bond acceptors (Lipinski definition) is 6. The summed E-state index contributed by atoms with van der Waals surface area (Å²) in [5, 5.41) is 22.6. The fourth-order valence-electron chi connectivity index (χ4n) is 3.75. The van der Waals surface area contributed by atoms with Crippen molar-refractivity contribution in [3.05, 3.63) is 47.8 Å². The van der Waals surface area contributed by atoms with Gasteiger partial charge in [0.15, 0.2) is 5.82 Å². The second kappa shape index (κ2) is 7.89. The second-order valence-electron chi connectivity index (χ2n) is 7.30. The van der Waals surface area contributed by atoms with Gasteiger partial charge < -0.3 is 15.1 Å². The molecule has 0 aliphatic carbocycles. The van der Waals surface area contributed by atoms with Crippen LogP contribution in [0.15, 0.2) is 47.2 Å². The van der Waals surface area contributed by atoms with E-state index in [4.69, 9.17) is 16.0 Å². The Bertz CT molecular complexity index is 1200. The first kappa shape index (κ1) is 18.8. The second-order valence-corrected chi connectivity index (χ2v) is 7.71. The maximum atomic E-state index is 12.6. The number of aromatic amines is 1. The third-order valence-electron chi connectivity index (χ3n) is 5.36. The minimum absolute atomic E-state index is 0.0163. The molecule has 1 amide bonds. The number of aromatic nitrogens is 4. The van der Waals surface area contributed by atoms with E-state index in [0.717, 1.165) is 47.0 Å². The minimum Gasteiger partial charge on any atom is -0.423 e. The van der Waals surface area contributed by atoms with Crippen LogP contribution in [-0.2, 0) is 4.79 Å². The van der Waals surface area contributed by atoms with Crippen LogP contribution in [0.4, 0.5) is 5.82 Å². The largest absolute Gasteiger partial charge is 0.423 e. The highest BCUT2D eigenvalue weighted by Gasteiger charge is 2.22. The average Bonchev–Trinajstić information content (AvgIpc) is 3.45. The van der Waals surface area contributed by atoms with Crippen molar-refractivity contribution in [1.82, 2.24) is 25.7 Å². The molecule has 2 aromatic carbocycles. The van der Waals surface area contributed by atoms with Crippen LogP contribution in [0.1, 0.15) is 12.8 Å². The van der Waals surface area contributed by atoms with Crippen LogP contribution in [-0.4, -0.2) is 39.4 Å². The molecule has 30 heavy (non-hydrogen) atoms. The summed E-state index contributed by atoms with van der Waals surface area (Å²) >= 11 is 6.48. The molecule has 0 unspecified atom stereocenters. The summed E-state index contributed by atoms with van der Waals surface area (Å²) in [6.45, 7) is 1.65. The van der Waals surface area contributed by atoms with E-state index >= 15 is 0 Å². The van der Waals surface area contributed by atoms with E-state index in [0.29, 0.717) is 23.3 Å². The smallest absolute Gasteiger partial charge is 0.247 e. The quantitative estimate of drug-likeness (QED) is 0.460. The number of nitrogens with zero attached hydrogens (tertiary/aromatic N) is 3. The molecule has 5 rings (SSSR count). The topological polar surface area (TPSA) is 109 Å². The van der Waals surface area contributed by atoms with Crippen molar-refractivity contribution < 1.29 is 9.21 Å². The van der Waals surface area contributed by atoms with Crippen molar-refractivity contribution in [2.24, 2.45) is 5.92 Å². The fourth-order valence-corrected chi connectivity index (χ4v) is 3.98. The first-order valence-electron chi connectivity index (χ1n) is 9.75. The number of fused-ring (bicyclic) bond motifs is 1. The molecular formula is C21H19ClN6O2. The number of amides is 1. The highest BCUT2D eigenvalue weighted by Crippen LogP contribution is 2.34. The molecule has 152 valence electrons. The number of halogens is 1. The molecule has 1 saturated heterocycles. The van der Waals surface area contributed by atoms with Crippen LogP contribution in [0.3, 0.4) is 0 Å². The van der Waals surface area contributed by atoms with E-state index in [-0.39, 0.29) is 11.8 Å². The predicted molar refractivity (Wildman–Crippen MR) is 114 cm³/mol. The lowest BCUT2D eigenvalue weighted by Gasteiger charge is -2.21. The first-order valence-corrected chi connectivity index (χ1v) is 10.1. The van der Waals surface area contributed by atoms with Gasteiger partial charge in [-0.05, 0) is 55.3 Å². The standard InChI is InChI=1S/C21H19ClN6O2/c22-17-5-3-13(21-28-24-11-30-21)9-15(17)12-4-6-18-16(8-12)19(27-26-18)25-20(29)14-2-1-7-23-10-14/h3-6,8-9,11,14,23H,1-2,7,10H2,(H2,25,26,27,29)/t14-/m1/s1. The Labute approximate surface area is 177 Å². The van der Waals surface area contributed by atoms with E-state index in [1.54, 1.807) is 6.07 Å². The van der Waals surface area contributed by atoms with Crippen molar-refractivity contribution >= 4 is 34.2 Å². The molecule has 0 bridgehead atoms. The minimum atomic E-state index is -0.0470. The van der Waals surface area contributed by atoms with Crippen LogP contribution >= 0.6 is 11.6 Å². The van der Waals surface area contributed by atoms with Crippen LogP contribution in [0.2, 0.25) is 5.02 Å². The number of carbonyl (C=O) groups is 1. The van der Waals surface area contributed by atoms with Gasteiger partial charge in [-0.2, -0.15) is 5.10 Å². The molecule has 1 atom stereocenters. The Kier molecular flexibility index (Phi) is 4.94. The molecule has 2 aromatic heterocycles. The molecule has 9 heteroatoms. The Balaban J connectivity index is 1.49. The first-order chi connectivity index (χ1) is 14.7. The number of rotatable bonds is 4. The number of anilines is 1. The van der Waals surface area contributed by atoms with Crippen molar-refractivity contribution in [3.63, 3.8) is 0 Å². The van der Waals surface area contributed by atoms with Gasteiger partial charge in [-0.1, -0.05) is 17.7 Å². The predicted octanol–water partition coefficient (Wildman–Crippen LogP) is 3.87. The van der Waals surface area contributed by atoms with E-state index in [1.165, 1.54) is 6.39 Å². The summed E-state index contributed by atoms with van der Waals surface area (Å²) in [4.78, 5) is 12.6.